The molecule has 0 spiro atoms. The zero-order chi connectivity index (χ0) is 15.4. The predicted molar refractivity (Wildman–Crippen MR) is 79.7 cm³/mol. The molecule has 1 N–H and O–H groups in total. The van der Waals surface area contributed by atoms with E-state index in [-0.39, 0.29) is 17.6 Å². The molecule has 5 heteroatoms. The molecule has 0 aliphatic heterocycles. The Bertz CT molecular complexity index is 718. The summed E-state index contributed by atoms with van der Waals surface area (Å²) in [6, 6.07) is 5.37. The van der Waals surface area contributed by atoms with Crippen LogP contribution < -0.4 is 0 Å². The highest BCUT2D eigenvalue weighted by atomic mass is 16.5. The summed E-state index contributed by atoms with van der Waals surface area (Å²) in [4.78, 5) is 15.8. The molecule has 3 rings (SSSR count). The van der Waals surface area contributed by atoms with Crippen molar-refractivity contribution in [1.82, 2.24) is 9.55 Å². The summed E-state index contributed by atoms with van der Waals surface area (Å²) in [7, 11) is 1.74. The maximum atomic E-state index is 11.2. The molecule has 1 heterocycles. The van der Waals surface area contributed by atoms with Crippen molar-refractivity contribution in [2.45, 2.75) is 39.3 Å². The van der Waals surface area contributed by atoms with Crippen molar-refractivity contribution in [1.29, 1.82) is 0 Å². The van der Waals surface area contributed by atoms with Crippen LogP contribution >= 0.6 is 0 Å². The number of aryl methyl sites for hydroxylation is 1. The second kappa shape index (κ2) is 4.56. The lowest BCUT2D eigenvalue weighted by atomic mass is 9.64. The molecule has 112 valence electrons. The monoisotopic (exact) mass is 288 g/mol. The fourth-order valence-electron chi connectivity index (χ4n) is 3.44. The zero-order valence-electron chi connectivity index (χ0n) is 12.8. The molecule has 5 nitrogen and oxygen atoms in total. The Balaban J connectivity index is 2.12. The normalized spacial score (nSPS) is 24.0. The highest BCUT2D eigenvalue weighted by Gasteiger charge is 2.50. The largest absolute Gasteiger partial charge is 0.478 e. The summed E-state index contributed by atoms with van der Waals surface area (Å²) >= 11 is 0. The van der Waals surface area contributed by atoms with Gasteiger partial charge in [-0.3, -0.25) is 0 Å². The minimum atomic E-state index is -0.912. The minimum absolute atomic E-state index is 0.00632. The van der Waals surface area contributed by atoms with Crippen molar-refractivity contribution in [3.05, 3.63) is 29.6 Å². The van der Waals surface area contributed by atoms with E-state index in [0.29, 0.717) is 5.56 Å². The van der Waals surface area contributed by atoms with Gasteiger partial charge in [-0.15, -0.1) is 0 Å². The molecule has 21 heavy (non-hydrogen) atoms. The molecular weight excluding hydrogens is 268 g/mol. The van der Waals surface area contributed by atoms with Gasteiger partial charge in [0.1, 0.15) is 5.82 Å². The third kappa shape index (κ3) is 1.95. The number of rotatable bonds is 3. The van der Waals surface area contributed by atoms with Crippen LogP contribution in [0.1, 0.15) is 42.5 Å². The molecule has 1 fully saturated rings. The topological polar surface area (TPSA) is 64.4 Å². The van der Waals surface area contributed by atoms with Crippen LogP contribution in [0, 0.1) is 12.3 Å². The lowest BCUT2D eigenvalue weighted by molar-refractivity contribution is -0.112. The number of aromatic nitrogens is 2. The Kier molecular flexibility index (Phi) is 3.06. The SMILES string of the molecule is COC1CC(n2c(C)nc3ccc(C(=O)O)cc32)C1(C)C. The molecule has 0 saturated heterocycles. The first-order valence-corrected chi connectivity index (χ1v) is 7.11. The van der Waals surface area contributed by atoms with Crippen LogP contribution in [-0.4, -0.2) is 33.8 Å². The number of aromatic carboxylic acids is 1. The number of methoxy groups -OCH3 is 1. The van der Waals surface area contributed by atoms with Gasteiger partial charge in [-0.1, -0.05) is 13.8 Å². The Labute approximate surface area is 123 Å². The lowest BCUT2D eigenvalue weighted by Gasteiger charge is -2.52. The highest BCUT2D eigenvalue weighted by Crippen LogP contribution is 2.52. The third-order valence-corrected chi connectivity index (χ3v) is 4.83. The quantitative estimate of drug-likeness (QED) is 0.943. The number of benzene rings is 1. The molecule has 0 bridgehead atoms. The van der Waals surface area contributed by atoms with E-state index in [1.54, 1.807) is 25.3 Å². The first-order valence-electron chi connectivity index (χ1n) is 7.11. The van der Waals surface area contributed by atoms with Crippen LogP contribution in [0.3, 0.4) is 0 Å². The maximum absolute atomic E-state index is 11.2. The molecule has 2 atom stereocenters. The number of hydrogen-bond acceptors (Lipinski definition) is 3. The van der Waals surface area contributed by atoms with E-state index in [1.807, 2.05) is 6.92 Å². The zero-order valence-corrected chi connectivity index (χ0v) is 12.8. The predicted octanol–water partition coefficient (Wildman–Crippen LogP) is 3.03. The van der Waals surface area contributed by atoms with Gasteiger partial charge in [-0.05, 0) is 31.5 Å². The molecule has 1 saturated carbocycles. The van der Waals surface area contributed by atoms with Gasteiger partial charge in [0.25, 0.3) is 0 Å². The summed E-state index contributed by atoms with van der Waals surface area (Å²) in [5, 5.41) is 9.18. The average molecular weight is 288 g/mol. The first kappa shape index (κ1) is 14.1. The van der Waals surface area contributed by atoms with Gasteiger partial charge in [0.05, 0.1) is 22.7 Å². The lowest BCUT2D eigenvalue weighted by Crippen LogP contribution is -2.51. The van der Waals surface area contributed by atoms with Crippen molar-refractivity contribution < 1.29 is 14.6 Å². The Morgan fingerprint density at radius 3 is 2.76 bits per heavy atom. The molecular formula is C16H20N2O3. The van der Waals surface area contributed by atoms with E-state index in [0.717, 1.165) is 23.3 Å². The van der Waals surface area contributed by atoms with Crippen molar-refractivity contribution in [2.75, 3.05) is 7.11 Å². The van der Waals surface area contributed by atoms with E-state index >= 15 is 0 Å². The third-order valence-electron chi connectivity index (χ3n) is 4.83. The van der Waals surface area contributed by atoms with Crippen LogP contribution in [0.2, 0.25) is 0 Å². The van der Waals surface area contributed by atoms with Gasteiger partial charge in [-0.25, -0.2) is 9.78 Å². The van der Waals surface area contributed by atoms with E-state index in [2.05, 4.69) is 23.4 Å². The molecule has 1 aliphatic rings. The van der Waals surface area contributed by atoms with Crippen molar-refractivity contribution in [2.24, 2.45) is 5.41 Å². The standard InChI is InChI=1S/C16H20N2O3/c1-9-17-11-6-5-10(15(19)20)7-12(11)18(9)13-8-14(21-4)16(13,2)3/h5-7,13-14H,8H2,1-4H3,(H,19,20). The number of carboxylic acids is 1. The fraction of sp³-hybridized carbons (Fsp3) is 0.500. The van der Waals surface area contributed by atoms with E-state index < -0.39 is 5.97 Å². The average Bonchev–Trinajstić information content (AvgIpc) is 2.74. The number of hydrogen-bond donors (Lipinski definition) is 1. The summed E-state index contributed by atoms with van der Waals surface area (Å²) in [5.41, 5.74) is 2.03. The summed E-state index contributed by atoms with van der Waals surface area (Å²) in [6.45, 7) is 6.33. The number of carbonyl (C=O) groups is 1. The highest BCUT2D eigenvalue weighted by molar-refractivity contribution is 5.92. The molecule has 1 aliphatic carbocycles. The van der Waals surface area contributed by atoms with Gasteiger partial charge in [0.15, 0.2) is 0 Å². The van der Waals surface area contributed by atoms with Crippen molar-refractivity contribution in [3.63, 3.8) is 0 Å². The summed E-state index contributed by atoms with van der Waals surface area (Å²) in [6.07, 6.45) is 1.15. The second-order valence-electron chi connectivity index (χ2n) is 6.33. The number of ether oxygens (including phenoxy) is 1. The molecule has 0 amide bonds. The van der Waals surface area contributed by atoms with Crippen molar-refractivity contribution >= 4 is 17.0 Å². The van der Waals surface area contributed by atoms with Crippen molar-refractivity contribution in [3.8, 4) is 0 Å². The van der Waals surface area contributed by atoms with Gasteiger partial charge in [-0.2, -0.15) is 0 Å². The van der Waals surface area contributed by atoms with Crippen LogP contribution in [-0.2, 0) is 4.74 Å². The van der Waals surface area contributed by atoms with Crippen LogP contribution in [0.4, 0.5) is 0 Å². The molecule has 2 unspecified atom stereocenters. The minimum Gasteiger partial charge on any atom is -0.478 e. The molecule has 1 aromatic heterocycles. The maximum Gasteiger partial charge on any atom is 0.335 e. The fourth-order valence-corrected chi connectivity index (χ4v) is 3.44. The smallest absolute Gasteiger partial charge is 0.335 e. The number of nitrogens with zero attached hydrogens (tertiary/aromatic N) is 2. The molecule has 0 radical (unpaired) electrons. The van der Waals surface area contributed by atoms with E-state index in [9.17, 15) is 9.90 Å². The van der Waals surface area contributed by atoms with Gasteiger partial charge in [0, 0.05) is 18.6 Å². The molecule has 1 aromatic carbocycles. The first-order chi connectivity index (χ1) is 9.86. The molecule has 2 aromatic rings. The second-order valence-corrected chi connectivity index (χ2v) is 6.33. The van der Waals surface area contributed by atoms with E-state index in [4.69, 9.17) is 4.74 Å². The van der Waals surface area contributed by atoms with Crippen LogP contribution in [0.25, 0.3) is 11.0 Å². The number of imidazole rings is 1. The Morgan fingerprint density at radius 1 is 1.48 bits per heavy atom. The van der Waals surface area contributed by atoms with Gasteiger partial charge in [0.2, 0.25) is 0 Å². The van der Waals surface area contributed by atoms with Crippen LogP contribution in [0.15, 0.2) is 18.2 Å². The van der Waals surface area contributed by atoms with Gasteiger partial charge >= 0.3 is 5.97 Å². The number of fused-ring (bicyclic) bond motifs is 1. The Morgan fingerprint density at radius 2 is 2.19 bits per heavy atom. The summed E-state index contributed by atoms with van der Waals surface area (Å²) < 4.78 is 7.68. The summed E-state index contributed by atoms with van der Waals surface area (Å²) in [5.74, 6) is 0.00473. The Hall–Kier alpha value is -1.88. The number of carboxylic acid groups (broad SMARTS) is 1. The van der Waals surface area contributed by atoms with Gasteiger partial charge < -0.3 is 14.4 Å². The van der Waals surface area contributed by atoms with Crippen LogP contribution in [0.5, 0.6) is 0 Å². The van der Waals surface area contributed by atoms with E-state index in [1.165, 1.54) is 0 Å².